The molecule has 182 valence electrons. The highest BCUT2D eigenvalue weighted by atomic mass is 32.2. The minimum absolute atomic E-state index is 0.224. The quantitative estimate of drug-likeness (QED) is 0.216. The van der Waals surface area contributed by atoms with Gasteiger partial charge in [-0.2, -0.15) is 0 Å². The molecule has 0 fully saturated rings. The van der Waals surface area contributed by atoms with Crippen molar-refractivity contribution in [1.29, 1.82) is 0 Å². The van der Waals surface area contributed by atoms with Crippen LogP contribution in [0.3, 0.4) is 0 Å². The molecule has 4 aromatic rings. The summed E-state index contributed by atoms with van der Waals surface area (Å²) >= 11 is 0. The Morgan fingerprint density at radius 2 is 1.28 bits per heavy atom. The second-order valence-electron chi connectivity index (χ2n) is 8.28. The number of carbonyl (C=O) groups is 1. The van der Waals surface area contributed by atoms with Crippen LogP contribution < -0.4 is 4.72 Å². The molecule has 0 unspecified atom stereocenters. The summed E-state index contributed by atoms with van der Waals surface area (Å²) in [4.78, 5) is 14.3. The lowest BCUT2D eigenvalue weighted by Crippen LogP contribution is -2.30. The van der Waals surface area contributed by atoms with Gasteiger partial charge in [-0.25, -0.2) is 13.7 Å². The predicted octanol–water partition coefficient (Wildman–Crippen LogP) is 6.41. The second-order valence-corrected chi connectivity index (χ2v) is 9.53. The third-order valence-electron chi connectivity index (χ3n) is 5.77. The highest BCUT2D eigenvalue weighted by Crippen LogP contribution is 2.35. The second kappa shape index (κ2) is 12.2. The van der Waals surface area contributed by atoms with E-state index in [1.807, 2.05) is 122 Å². The fraction of sp³-hybridized carbons (Fsp3) is 0.129. The molecule has 0 saturated heterocycles. The zero-order valence-electron chi connectivity index (χ0n) is 20.4. The Hall–Kier alpha value is -3.80. The van der Waals surface area contributed by atoms with E-state index in [1.54, 1.807) is 6.92 Å². The summed E-state index contributed by atoms with van der Waals surface area (Å²) in [7, 11) is -1.58. The molecule has 2 atom stereocenters. The van der Waals surface area contributed by atoms with Crippen molar-refractivity contribution in [2.24, 2.45) is 0 Å². The monoisotopic (exact) mass is 495 g/mol. The minimum Gasteiger partial charge on any atom is -0.463 e. The number of nitrogens with one attached hydrogen (secondary N) is 1. The fourth-order valence-electron chi connectivity index (χ4n) is 4.04. The molecule has 5 heteroatoms. The third kappa shape index (κ3) is 6.06. The summed E-state index contributed by atoms with van der Waals surface area (Å²) in [6.07, 6.45) is 0. The van der Waals surface area contributed by atoms with E-state index in [-0.39, 0.29) is 6.61 Å². The first kappa shape index (κ1) is 25.3. The molecule has 0 spiro atoms. The molecule has 0 aromatic heterocycles. The Labute approximate surface area is 215 Å². The normalized spacial score (nSPS) is 12.4. The van der Waals surface area contributed by atoms with Crippen molar-refractivity contribution in [3.63, 3.8) is 0 Å². The number of aryl methyl sites for hydroxylation is 1. The van der Waals surface area contributed by atoms with Gasteiger partial charge in [0.15, 0.2) is 0 Å². The number of carbonyl (C=O) groups excluding carboxylic acids is 1. The third-order valence-corrected chi connectivity index (χ3v) is 6.92. The van der Waals surface area contributed by atoms with E-state index < -0.39 is 23.0 Å². The lowest BCUT2D eigenvalue weighted by atomic mass is 9.87. The summed E-state index contributed by atoms with van der Waals surface area (Å²) in [5.74, 6) is -0.456. The van der Waals surface area contributed by atoms with Gasteiger partial charge in [0.05, 0.1) is 23.1 Å². The molecule has 0 heterocycles. The summed E-state index contributed by atoms with van der Waals surface area (Å²) in [6.45, 7) is 4.00. The van der Waals surface area contributed by atoms with Crippen LogP contribution in [-0.4, -0.2) is 16.8 Å². The van der Waals surface area contributed by atoms with E-state index in [0.29, 0.717) is 10.5 Å². The van der Waals surface area contributed by atoms with E-state index in [0.717, 1.165) is 27.8 Å². The largest absolute Gasteiger partial charge is 0.463 e. The van der Waals surface area contributed by atoms with Crippen LogP contribution in [0.4, 0.5) is 0 Å². The van der Waals surface area contributed by atoms with Crippen molar-refractivity contribution in [3.05, 3.63) is 143 Å². The van der Waals surface area contributed by atoms with Crippen molar-refractivity contribution in [2.45, 2.75) is 24.8 Å². The highest BCUT2D eigenvalue weighted by molar-refractivity contribution is 7.83. The van der Waals surface area contributed by atoms with E-state index in [2.05, 4.69) is 4.72 Å². The van der Waals surface area contributed by atoms with Crippen LogP contribution in [-0.2, 0) is 20.5 Å². The lowest BCUT2D eigenvalue weighted by Gasteiger charge is -2.25. The Balaban J connectivity index is 1.96. The Kier molecular flexibility index (Phi) is 8.61. The summed E-state index contributed by atoms with van der Waals surface area (Å²) in [5, 5.41) is 0. The summed E-state index contributed by atoms with van der Waals surface area (Å²) in [6, 6.07) is 36.0. The van der Waals surface area contributed by atoms with Gasteiger partial charge in [0, 0.05) is 5.57 Å². The molecule has 0 aliphatic heterocycles. The summed E-state index contributed by atoms with van der Waals surface area (Å²) < 4.78 is 22.4. The first-order chi connectivity index (χ1) is 17.6. The van der Waals surface area contributed by atoms with Gasteiger partial charge in [-0.15, -0.1) is 0 Å². The molecular weight excluding hydrogens is 466 g/mol. The molecule has 4 nitrogen and oxygen atoms in total. The molecule has 0 saturated carbocycles. The van der Waals surface area contributed by atoms with Crippen molar-refractivity contribution in [2.75, 3.05) is 6.61 Å². The van der Waals surface area contributed by atoms with Gasteiger partial charge in [0.25, 0.3) is 0 Å². The van der Waals surface area contributed by atoms with E-state index in [1.165, 1.54) is 0 Å². The maximum Gasteiger partial charge on any atom is 0.336 e. The topological polar surface area (TPSA) is 55.4 Å². The number of ether oxygens (including phenoxy) is 1. The molecule has 0 radical (unpaired) electrons. The van der Waals surface area contributed by atoms with Crippen LogP contribution in [0.5, 0.6) is 0 Å². The molecule has 0 aliphatic carbocycles. The van der Waals surface area contributed by atoms with Gasteiger partial charge < -0.3 is 4.74 Å². The lowest BCUT2D eigenvalue weighted by molar-refractivity contribution is -0.138. The Morgan fingerprint density at radius 3 is 1.78 bits per heavy atom. The number of hydrogen-bond donors (Lipinski definition) is 1. The zero-order valence-corrected chi connectivity index (χ0v) is 21.2. The molecule has 0 aliphatic rings. The standard InChI is InChI=1S/C31H29NO3S/c1-3-35-31(33)29(28(24-13-7-4-8-14-24)25-15-9-5-10-16-25)30(26-17-11-6-12-18-26)32-36(34)27-21-19-23(2)20-22-27/h4-22,30,32H,3H2,1-2H3/t30-,36-/m0/s1. The van der Waals surface area contributed by atoms with Crippen LogP contribution in [0.25, 0.3) is 5.57 Å². The molecule has 4 rings (SSSR count). The summed E-state index contributed by atoms with van der Waals surface area (Å²) in [5.41, 5.74) is 4.77. The van der Waals surface area contributed by atoms with Gasteiger partial charge in [-0.1, -0.05) is 109 Å². The number of rotatable bonds is 9. The van der Waals surface area contributed by atoms with Gasteiger partial charge >= 0.3 is 5.97 Å². The Morgan fingerprint density at radius 1 is 0.778 bits per heavy atom. The molecule has 36 heavy (non-hydrogen) atoms. The molecular formula is C31H29NO3S. The molecule has 4 aromatic carbocycles. The minimum atomic E-state index is -1.58. The van der Waals surface area contributed by atoms with E-state index in [9.17, 15) is 9.00 Å². The maximum atomic E-state index is 13.7. The molecule has 0 bridgehead atoms. The average molecular weight is 496 g/mol. The number of esters is 1. The predicted molar refractivity (Wildman–Crippen MR) is 145 cm³/mol. The van der Waals surface area contributed by atoms with Crippen molar-refractivity contribution < 1.29 is 13.7 Å². The number of hydrogen-bond acceptors (Lipinski definition) is 3. The van der Waals surface area contributed by atoms with E-state index >= 15 is 0 Å². The molecule has 1 N–H and O–H groups in total. The van der Waals surface area contributed by atoms with Gasteiger partial charge in [0.1, 0.15) is 11.0 Å². The smallest absolute Gasteiger partial charge is 0.336 e. The number of benzene rings is 4. The van der Waals surface area contributed by atoms with Crippen molar-refractivity contribution >= 4 is 22.5 Å². The van der Waals surface area contributed by atoms with Crippen LogP contribution in [0.2, 0.25) is 0 Å². The van der Waals surface area contributed by atoms with Gasteiger partial charge in [0.2, 0.25) is 0 Å². The highest BCUT2D eigenvalue weighted by Gasteiger charge is 2.30. The maximum absolute atomic E-state index is 13.7. The van der Waals surface area contributed by atoms with Crippen molar-refractivity contribution in [3.8, 4) is 0 Å². The zero-order chi connectivity index (χ0) is 25.3. The van der Waals surface area contributed by atoms with Crippen LogP contribution in [0.1, 0.15) is 35.2 Å². The Bertz CT molecular complexity index is 1290. The first-order valence-corrected chi connectivity index (χ1v) is 13.0. The van der Waals surface area contributed by atoms with Crippen LogP contribution in [0.15, 0.2) is 126 Å². The van der Waals surface area contributed by atoms with Gasteiger partial charge in [-0.3, -0.25) is 0 Å². The van der Waals surface area contributed by atoms with Crippen molar-refractivity contribution in [1.82, 2.24) is 4.72 Å². The van der Waals surface area contributed by atoms with Crippen LogP contribution >= 0.6 is 0 Å². The SMILES string of the molecule is CCOC(=O)C(=C(c1ccccc1)c1ccccc1)[C@@H](N[S@@](=O)c1ccc(C)cc1)c1ccccc1. The van der Waals surface area contributed by atoms with Crippen LogP contribution in [0, 0.1) is 6.92 Å². The average Bonchev–Trinajstić information content (AvgIpc) is 2.92. The van der Waals surface area contributed by atoms with Gasteiger partial charge in [-0.05, 0) is 42.7 Å². The molecule has 0 amide bonds. The first-order valence-electron chi connectivity index (χ1n) is 11.9. The van der Waals surface area contributed by atoms with E-state index in [4.69, 9.17) is 4.74 Å². The fourth-order valence-corrected chi connectivity index (χ4v) is 5.02.